The van der Waals surface area contributed by atoms with E-state index in [4.69, 9.17) is 0 Å². The van der Waals surface area contributed by atoms with Crippen molar-refractivity contribution in [3.05, 3.63) is 23.5 Å². The van der Waals surface area contributed by atoms with Crippen molar-refractivity contribution in [3.63, 3.8) is 0 Å². The predicted octanol–water partition coefficient (Wildman–Crippen LogP) is 1.68. The van der Waals surface area contributed by atoms with Crippen LogP contribution in [0.2, 0.25) is 0 Å². The third-order valence-electron chi connectivity index (χ3n) is 1.37. The summed E-state index contributed by atoms with van der Waals surface area (Å²) in [6.07, 6.45) is 1.01. The number of pyridine rings is 1. The van der Waals surface area contributed by atoms with Gasteiger partial charge in [-0.05, 0) is 6.92 Å². The molecule has 0 unspecified atom stereocenters. The van der Waals surface area contributed by atoms with Gasteiger partial charge in [-0.15, -0.1) is 0 Å². The maximum Gasteiger partial charge on any atom is 0.218 e. The molecule has 0 aliphatic rings. The van der Waals surface area contributed by atoms with Gasteiger partial charge in [0.2, 0.25) is 5.95 Å². The van der Waals surface area contributed by atoms with Gasteiger partial charge in [-0.2, -0.15) is 4.39 Å². The van der Waals surface area contributed by atoms with E-state index in [-0.39, 0.29) is 11.3 Å². The molecule has 0 saturated heterocycles. The molecule has 0 aromatic carbocycles. The highest BCUT2D eigenvalue weighted by atomic mass is 19.1. The topological polar surface area (TPSA) is 22.1 Å². The number of aromatic nitrogens is 1. The Morgan fingerprint density at radius 1 is 1.45 bits per heavy atom. The standard InChI is InChI=1S/C7H7F2NO/c1-4-6(8)5(11-2)3-10-7(4)9/h3H,1-2H3. The molecule has 0 aliphatic heterocycles. The molecule has 11 heavy (non-hydrogen) atoms. The average molecular weight is 159 g/mol. The fraction of sp³-hybridized carbons (Fsp3) is 0.286. The lowest BCUT2D eigenvalue weighted by Gasteiger charge is -2.02. The zero-order chi connectivity index (χ0) is 8.43. The maximum absolute atomic E-state index is 12.9. The number of hydrogen-bond acceptors (Lipinski definition) is 2. The lowest BCUT2D eigenvalue weighted by Crippen LogP contribution is -1.96. The van der Waals surface area contributed by atoms with Crippen LogP contribution in [-0.4, -0.2) is 12.1 Å². The first-order chi connectivity index (χ1) is 5.16. The number of methoxy groups -OCH3 is 1. The minimum absolute atomic E-state index is 0.0381. The molecule has 1 rings (SSSR count). The van der Waals surface area contributed by atoms with Crippen LogP contribution < -0.4 is 4.74 Å². The second-order valence-corrected chi connectivity index (χ2v) is 2.06. The molecular formula is C7H7F2NO. The zero-order valence-electron chi connectivity index (χ0n) is 6.19. The second kappa shape index (κ2) is 2.82. The molecule has 0 amide bonds. The van der Waals surface area contributed by atoms with Crippen LogP contribution in [0.1, 0.15) is 5.56 Å². The van der Waals surface area contributed by atoms with Gasteiger partial charge in [-0.1, -0.05) is 0 Å². The summed E-state index contributed by atoms with van der Waals surface area (Å²) in [7, 11) is 1.30. The summed E-state index contributed by atoms with van der Waals surface area (Å²) >= 11 is 0. The molecule has 2 nitrogen and oxygen atoms in total. The summed E-state index contributed by atoms with van der Waals surface area (Å²) in [5.41, 5.74) is -0.121. The van der Waals surface area contributed by atoms with Gasteiger partial charge >= 0.3 is 0 Å². The highest BCUT2D eigenvalue weighted by Crippen LogP contribution is 2.19. The Labute approximate surface area is 62.8 Å². The van der Waals surface area contributed by atoms with Crippen molar-refractivity contribution < 1.29 is 13.5 Å². The third-order valence-corrected chi connectivity index (χ3v) is 1.37. The molecule has 0 bridgehead atoms. The first kappa shape index (κ1) is 7.91. The minimum Gasteiger partial charge on any atom is -0.492 e. The number of ether oxygens (including phenoxy) is 1. The second-order valence-electron chi connectivity index (χ2n) is 2.06. The van der Waals surface area contributed by atoms with E-state index in [9.17, 15) is 8.78 Å². The predicted molar refractivity (Wildman–Crippen MR) is 35.4 cm³/mol. The van der Waals surface area contributed by atoms with Crippen molar-refractivity contribution in [2.45, 2.75) is 6.92 Å². The maximum atomic E-state index is 12.9. The van der Waals surface area contributed by atoms with Crippen LogP contribution in [-0.2, 0) is 0 Å². The number of halogens is 2. The number of hydrogen-bond donors (Lipinski definition) is 0. The van der Waals surface area contributed by atoms with E-state index >= 15 is 0 Å². The molecule has 4 heteroatoms. The third kappa shape index (κ3) is 1.29. The minimum atomic E-state index is -0.802. The molecule has 0 N–H and O–H groups in total. The highest BCUT2D eigenvalue weighted by molar-refractivity contribution is 5.26. The Bertz CT molecular complexity index is 275. The molecular weight excluding hydrogens is 152 g/mol. The Morgan fingerprint density at radius 2 is 2.09 bits per heavy atom. The molecule has 0 saturated carbocycles. The summed E-state index contributed by atoms with van der Waals surface area (Å²) in [6.45, 7) is 1.31. The van der Waals surface area contributed by atoms with Crippen molar-refractivity contribution in [1.82, 2.24) is 4.98 Å². The van der Waals surface area contributed by atoms with Gasteiger partial charge in [-0.3, -0.25) is 0 Å². The average Bonchev–Trinajstić information content (AvgIpc) is 2.01. The van der Waals surface area contributed by atoms with Crippen molar-refractivity contribution in [2.75, 3.05) is 7.11 Å². The molecule has 1 aromatic rings. The van der Waals surface area contributed by atoms with E-state index in [0.717, 1.165) is 6.20 Å². The lowest BCUT2D eigenvalue weighted by molar-refractivity contribution is 0.377. The van der Waals surface area contributed by atoms with Crippen LogP contribution in [0.15, 0.2) is 6.20 Å². The molecule has 0 fully saturated rings. The van der Waals surface area contributed by atoms with Gasteiger partial charge in [0, 0.05) is 5.56 Å². The normalized spacial score (nSPS) is 9.82. The molecule has 60 valence electrons. The number of nitrogens with zero attached hydrogens (tertiary/aromatic N) is 1. The smallest absolute Gasteiger partial charge is 0.218 e. The fourth-order valence-electron chi connectivity index (χ4n) is 0.686. The highest BCUT2D eigenvalue weighted by Gasteiger charge is 2.10. The van der Waals surface area contributed by atoms with Gasteiger partial charge in [0.05, 0.1) is 13.3 Å². The first-order valence-electron chi connectivity index (χ1n) is 3.01. The molecule has 0 atom stereocenters. The summed E-state index contributed by atoms with van der Waals surface area (Å²) < 4.78 is 29.9. The zero-order valence-corrected chi connectivity index (χ0v) is 6.19. The van der Waals surface area contributed by atoms with Crippen molar-refractivity contribution in [1.29, 1.82) is 0 Å². The molecule has 0 aliphatic carbocycles. The fourth-order valence-corrected chi connectivity index (χ4v) is 0.686. The van der Waals surface area contributed by atoms with Crippen molar-refractivity contribution in [2.24, 2.45) is 0 Å². The van der Waals surface area contributed by atoms with E-state index in [1.165, 1.54) is 14.0 Å². The Kier molecular flexibility index (Phi) is 2.03. The summed E-state index contributed by atoms with van der Waals surface area (Å²) in [4.78, 5) is 3.28. The van der Waals surface area contributed by atoms with E-state index in [2.05, 4.69) is 9.72 Å². The van der Waals surface area contributed by atoms with Crippen LogP contribution in [0.3, 0.4) is 0 Å². The van der Waals surface area contributed by atoms with Crippen LogP contribution >= 0.6 is 0 Å². The number of rotatable bonds is 1. The van der Waals surface area contributed by atoms with Crippen LogP contribution in [0.4, 0.5) is 8.78 Å². The van der Waals surface area contributed by atoms with E-state index in [1.54, 1.807) is 0 Å². The van der Waals surface area contributed by atoms with Crippen LogP contribution in [0.25, 0.3) is 0 Å². The Morgan fingerprint density at radius 3 is 2.64 bits per heavy atom. The van der Waals surface area contributed by atoms with Crippen LogP contribution in [0.5, 0.6) is 5.75 Å². The van der Waals surface area contributed by atoms with Gasteiger partial charge in [-0.25, -0.2) is 9.37 Å². The lowest BCUT2D eigenvalue weighted by atomic mass is 10.3. The summed E-state index contributed by atoms with van der Waals surface area (Å²) in [5, 5.41) is 0. The molecule has 1 aromatic heterocycles. The van der Waals surface area contributed by atoms with Gasteiger partial charge in [0.15, 0.2) is 11.6 Å². The summed E-state index contributed by atoms with van der Waals surface area (Å²) in [6, 6.07) is 0. The Hall–Kier alpha value is -1.19. The van der Waals surface area contributed by atoms with E-state index in [1.807, 2.05) is 0 Å². The molecule has 1 heterocycles. The largest absolute Gasteiger partial charge is 0.492 e. The van der Waals surface area contributed by atoms with Gasteiger partial charge in [0.25, 0.3) is 0 Å². The Balaban J connectivity index is 3.25. The van der Waals surface area contributed by atoms with Crippen molar-refractivity contribution >= 4 is 0 Å². The van der Waals surface area contributed by atoms with E-state index in [0.29, 0.717) is 0 Å². The SMILES string of the molecule is COc1cnc(F)c(C)c1F. The quantitative estimate of drug-likeness (QED) is 0.581. The van der Waals surface area contributed by atoms with Crippen molar-refractivity contribution in [3.8, 4) is 5.75 Å². The van der Waals surface area contributed by atoms with E-state index < -0.39 is 11.8 Å². The molecule has 0 radical (unpaired) electrons. The first-order valence-corrected chi connectivity index (χ1v) is 3.01. The summed E-state index contributed by atoms with van der Waals surface area (Å²) in [5.74, 6) is -1.53. The van der Waals surface area contributed by atoms with Gasteiger partial charge in [0.1, 0.15) is 0 Å². The van der Waals surface area contributed by atoms with Crippen LogP contribution in [0, 0.1) is 18.7 Å². The monoisotopic (exact) mass is 159 g/mol. The molecule has 0 spiro atoms. The van der Waals surface area contributed by atoms with Gasteiger partial charge < -0.3 is 4.74 Å².